The molecule has 5 heteroatoms. The second-order valence-electron chi connectivity index (χ2n) is 3.43. The van der Waals surface area contributed by atoms with Gasteiger partial charge >= 0.3 is 0 Å². The summed E-state index contributed by atoms with van der Waals surface area (Å²) in [6.45, 7) is 3.79. The molecule has 5 nitrogen and oxygen atoms in total. The number of H-pyrrole nitrogens is 2. The molecule has 0 unspecified atom stereocenters. The second-order valence-corrected chi connectivity index (χ2v) is 3.43. The molecule has 2 heterocycles. The van der Waals surface area contributed by atoms with E-state index in [4.69, 9.17) is 0 Å². The molecule has 0 fully saturated rings. The van der Waals surface area contributed by atoms with Crippen LogP contribution in [-0.4, -0.2) is 21.1 Å². The van der Waals surface area contributed by atoms with Crippen LogP contribution in [0, 0.1) is 13.8 Å². The highest BCUT2D eigenvalue weighted by Gasteiger charge is 2.11. The SMILES string of the molecule is Cc1cc(C(=O)Nc2cn[nH]c2)c(C)[nH]1. The molecule has 0 aromatic carbocycles. The molecule has 0 spiro atoms. The molecule has 78 valence electrons. The molecule has 0 saturated carbocycles. The van der Waals surface area contributed by atoms with Crippen molar-refractivity contribution >= 4 is 11.6 Å². The van der Waals surface area contributed by atoms with Crippen LogP contribution in [0.4, 0.5) is 5.69 Å². The molecular formula is C10H12N4O. The van der Waals surface area contributed by atoms with Crippen molar-refractivity contribution in [3.8, 4) is 0 Å². The fourth-order valence-corrected chi connectivity index (χ4v) is 1.48. The van der Waals surface area contributed by atoms with Gasteiger partial charge in [0.2, 0.25) is 0 Å². The van der Waals surface area contributed by atoms with Crippen LogP contribution in [0.3, 0.4) is 0 Å². The van der Waals surface area contributed by atoms with E-state index in [0.717, 1.165) is 11.4 Å². The molecular weight excluding hydrogens is 192 g/mol. The smallest absolute Gasteiger partial charge is 0.257 e. The van der Waals surface area contributed by atoms with E-state index >= 15 is 0 Å². The van der Waals surface area contributed by atoms with Gasteiger partial charge in [-0.2, -0.15) is 5.10 Å². The van der Waals surface area contributed by atoms with E-state index < -0.39 is 0 Å². The van der Waals surface area contributed by atoms with E-state index in [0.29, 0.717) is 11.3 Å². The Kier molecular flexibility index (Phi) is 2.29. The number of nitrogens with one attached hydrogen (secondary N) is 3. The number of aromatic amines is 2. The first-order valence-corrected chi connectivity index (χ1v) is 4.63. The van der Waals surface area contributed by atoms with Crippen molar-refractivity contribution in [2.75, 3.05) is 5.32 Å². The van der Waals surface area contributed by atoms with Crippen LogP contribution in [0.15, 0.2) is 18.5 Å². The zero-order valence-corrected chi connectivity index (χ0v) is 8.59. The first-order chi connectivity index (χ1) is 7.16. The van der Waals surface area contributed by atoms with E-state index in [2.05, 4.69) is 20.5 Å². The molecule has 1 amide bonds. The predicted octanol–water partition coefficient (Wildman–Crippen LogP) is 1.61. The first kappa shape index (κ1) is 9.51. The second kappa shape index (κ2) is 3.61. The number of carbonyl (C=O) groups excluding carboxylic acids is 1. The minimum atomic E-state index is -0.127. The Bertz CT molecular complexity index is 470. The number of amides is 1. The lowest BCUT2D eigenvalue weighted by molar-refractivity contribution is 0.102. The summed E-state index contributed by atoms with van der Waals surface area (Å²) in [6, 6.07) is 1.82. The third kappa shape index (κ3) is 1.90. The summed E-state index contributed by atoms with van der Waals surface area (Å²) >= 11 is 0. The number of aryl methyl sites for hydroxylation is 2. The van der Waals surface area contributed by atoms with Crippen LogP contribution in [0.5, 0.6) is 0 Å². The molecule has 2 aromatic rings. The number of hydrogen-bond acceptors (Lipinski definition) is 2. The predicted molar refractivity (Wildman–Crippen MR) is 56.8 cm³/mol. The van der Waals surface area contributed by atoms with Crippen molar-refractivity contribution in [2.24, 2.45) is 0 Å². The molecule has 0 aliphatic rings. The third-order valence-electron chi connectivity index (χ3n) is 2.15. The number of carbonyl (C=O) groups is 1. The van der Waals surface area contributed by atoms with Gasteiger partial charge in [0.25, 0.3) is 5.91 Å². The zero-order chi connectivity index (χ0) is 10.8. The average molecular weight is 204 g/mol. The van der Waals surface area contributed by atoms with Gasteiger partial charge in [-0.05, 0) is 19.9 Å². The largest absolute Gasteiger partial charge is 0.362 e. The van der Waals surface area contributed by atoms with Gasteiger partial charge in [0.1, 0.15) is 0 Å². The van der Waals surface area contributed by atoms with Crippen molar-refractivity contribution in [2.45, 2.75) is 13.8 Å². The van der Waals surface area contributed by atoms with Gasteiger partial charge in [-0.15, -0.1) is 0 Å². The standard InChI is InChI=1S/C10H12N4O/c1-6-3-9(7(2)13-6)10(15)14-8-4-11-12-5-8/h3-5,13H,1-2H3,(H,11,12)(H,14,15). The minimum Gasteiger partial charge on any atom is -0.362 e. The maximum absolute atomic E-state index is 11.8. The van der Waals surface area contributed by atoms with Crippen molar-refractivity contribution in [3.05, 3.63) is 35.4 Å². The van der Waals surface area contributed by atoms with Crippen LogP contribution in [0.1, 0.15) is 21.7 Å². The maximum atomic E-state index is 11.8. The summed E-state index contributed by atoms with van der Waals surface area (Å²) in [5.41, 5.74) is 3.17. The fraction of sp³-hybridized carbons (Fsp3) is 0.200. The van der Waals surface area contributed by atoms with Gasteiger partial charge in [0.05, 0.1) is 17.4 Å². The summed E-state index contributed by atoms with van der Waals surface area (Å²) in [4.78, 5) is 14.9. The fourth-order valence-electron chi connectivity index (χ4n) is 1.48. The van der Waals surface area contributed by atoms with Crippen LogP contribution in [0.2, 0.25) is 0 Å². The van der Waals surface area contributed by atoms with Crippen molar-refractivity contribution < 1.29 is 4.79 Å². The summed E-state index contributed by atoms with van der Waals surface area (Å²) in [7, 11) is 0. The van der Waals surface area contributed by atoms with Gasteiger partial charge in [0.15, 0.2) is 0 Å². The Morgan fingerprint density at radius 2 is 2.27 bits per heavy atom. The monoisotopic (exact) mass is 204 g/mol. The lowest BCUT2D eigenvalue weighted by Crippen LogP contribution is -2.11. The lowest BCUT2D eigenvalue weighted by Gasteiger charge is -2.00. The topological polar surface area (TPSA) is 73.6 Å². The lowest BCUT2D eigenvalue weighted by atomic mass is 10.2. The number of aromatic nitrogens is 3. The number of hydrogen-bond donors (Lipinski definition) is 3. The molecule has 2 rings (SSSR count). The highest BCUT2D eigenvalue weighted by Crippen LogP contribution is 2.12. The molecule has 0 radical (unpaired) electrons. The Morgan fingerprint density at radius 3 is 2.80 bits per heavy atom. The molecule has 0 aliphatic heterocycles. The average Bonchev–Trinajstić information content (AvgIpc) is 2.75. The maximum Gasteiger partial charge on any atom is 0.257 e. The quantitative estimate of drug-likeness (QED) is 0.695. The van der Waals surface area contributed by atoms with Crippen LogP contribution >= 0.6 is 0 Å². The molecule has 0 aliphatic carbocycles. The van der Waals surface area contributed by atoms with Gasteiger partial charge < -0.3 is 10.3 Å². The molecule has 15 heavy (non-hydrogen) atoms. The van der Waals surface area contributed by atoms with Crippen molar-refractivity contribution in [1.29, 1.82) is 0 Å². The summed E-state index contributed by atoms with van der Waals surface area (Å²) in [5, 5.41) is 9.12. The summed E-state index contributed by atoms with van der Waals surface area (Å²) in [5.74, 6) is -0.127. The van der Waals surface area contributed by atoms with Crippen LogP contribution in [0.25, 0.3) is 0 Å². The number of nitrogens with zero attached hydrogens (tertiary/aromatic N) is 1. The Morgan fingerprint density at radius 1 is 1.47 bits per heavy atom. The highest BCUT2D eigenvalue weighted by atomic mass is 16.1. The van der Waals surface area contributed by atoms with Gasteiger partial charge in [-0.3, -0.25) is 9.89 Å². The first-order valence-electron chi connectivity index (χ1n) is 4.63. The molecule has 0 bridgehead atoms. The van der Waals surface area contributed by atoms with Crippen molar-refractivity contribution in [1.82, 2.24) is 15.2 Å². The van der Waals surface area contributed by atoms with E-state index in [1.54, 1.807) is 12.4 Å². The van der Waals surface area contributed by atoms with Gasteiger partial charge in [-0.1, -0.05) is 0 Å². The Labute approximate surface area is 86.9 Å². The molecule has 3 N–H and O–H groups in total. The molecule has 2 aromatic heterocycles. The molecule has 0 atom stereocenters. The van der Waals surface area contributed by atoms with Crippen LogP contribution < -0.4 is 5.32 Å². The van der Waals surface area contributed by atoms with E-state index in [1.807, 2.05) is 19.9 Å². The normalized spacial score (nSPS) is 10.3. The third-order valence-corrected chi connectivity index (χ3v) is 2.15. The van der Waals surface area contributed by atoms with E-state index in [-0.39, 0.29) is 5.91 Å². The number of anilines is 1. The van der Waals surface area contributed by atoms with Crippen molar-refractivity contribution in [3.63, 3.8) is 0 Å². The van der Waals surface area contributed by atoms with Gasteiger partial charge in [-0.25, -0.2) is 0 Å². The zero-order valence-electron chi connectivity index (χ0n) is 8.59. The Balaban J connectivity index is 2.18. The van der Waals surface area contributed by atoms with Crippen LogP contribution in [-0.2, 0) is 0 Å². The van der Waals surface area contributed by atoms with Gasteiger partial charge in [0, 0.05) is 17.6 Å². The highest BCUT2D eigenvalue weighted by molar-refractivity contribution is 6.05. The summed E-state index contributed by atoms with van der Waals surface area (Å²) < 4.78 is 0. The Hall–Kier alpha value is -2.04. The van der Waals surface area contributed by atoms with E-state index in [1.165, 1.54) is 0 Å². The van der Waals surface area contributed by atoms with E-state index in [9.17, 15) is 4.79 Å². The number of rotatable bonds is 2. The summed E-state index contributed by atoms with van der Waals surface area (Å²) in [6.07, 6.45) is 3.19. The minimum absolute atomic E-state index is 0.127. The molecule has 0 saturated heterocycles.